The second-order valence-corrected chi connectivity index (χ2v) is 6.59. The van der Waals surface area contributed by atoms with E-state index >= 15 is 0 Å². The normalized spacial score (nSPS) is 15.5. The Hall–Kier alpha value is -2.60. The Morgan fingerprint density at radius 2 is 2.12 bits per heavy atom. The second kappa shape index (κ2) is 6.72. The summed E-state index contributed by atoms with van der Waals surface area (Å²) in [6, 6.07) is 7.56. The van der Waals surface area contributed by atoms with Crippen LogP contribution in [0.3, 0.4) is 0 Å². The van der Waals surface area contributed by atoms with Gasteiger partial charge in [-0.25, -0.2) is 4.98 Å². The van der Waals surface area contributed by atoms with Gasteiger partial charge in [0.05, 0.1) is 6.20 Å². The monoisotopic (exact) mass is 355 g/mol. The Kier molecular flexibility index (Phi) is 4.28. The van der Waals surface area contributed by atoms with Crippen molar-refractivity contribution in [3.8, 4) is 0 Å². The number of carbonyl (C=O) groups excluding carboxylic acids is 1. The summed E-state index contributed by atoms with van der Waals surface area (Å²) in [7, 11) is 0. The van der Waals surface area contributed by atoms with Crippen LogP contribution in [0, 0.1) is 0 Å². The molecule has 3 heterocycles. The highest BCUT2D eigenvalue weighted by molar-refractivity contribution is 6.35. The lowest BCUT2D eigenvalue weighted by Gasteiger charge is -2.32. The van der Waals surface area contributed by atoms with Gasteiger partial charge in [0.25, 0.3) is 5.91 Å². The first-order valence-electron chi connectivity index (χ1n) is 8.30. The lowest BCUT2D eigenvalue weighted by atomic mass is 10.0. The molecule has 2 aromatic heterocycles. The van der Waals surface area contributed by atoms with Crippen LogP contribution in [0.2, 0.25) is 5.02 Å². The fourth-order valence-corrected chi connectivity index (χ4v) is 3.44. The van der Waals surface area contributed by atoms with Gasteiger partial charge in [0, 0.05) is 47.5 Å². The number of H-pyrrole nitrogens is 1. The number of rotatable bonds is 3. The van der Waals surface area contributed by atoms with E-state index < -0.39 is 0 Å². The predicted molar refractivity (Wildman–Crippen MR) is 98.0 cm³/mol. The van der Waals surface area contributed by atoms with E-state index in [1.165, 1.54) is 0 Å². The smallest absolute Gasteiger partial charge is 0.267 e. The zero-order chi connectivity index (χ0) is 17.2. The maximum absolute atomic E-state index is 12.5. The number of fused-ring (bicyclic) bond motifs is 1. The number of hydrogen-bond donors (Lipinski definition) is 2. The molecule has 3 aromatic rings. The topological polar surface area (TPSA) is 73.9 Å². The number of hydrogen-bond acceptors (Lipinski definition) is 4. The SMILES string of the molecule is O=C(NC1CCN(c2cnccn2)CC1)c1cc2c(Cl)cccc2[nH]1. The average Bonchev–Trinajstić information content (AvgIpc) is 3.09. The van der Waals surface area contributed by atoms with E-state index in [0.717, 1.165) is 42.7 Å². The minimum absolute atomic E-state index is 0.0924. The molecule has 0 saturated carbocycles. The van der Waals surface area contributed by atoms with Gasteiger partial charge in [-0.3, -0.25) is 9.78 Å². The molecule has 2 N–H and O–H groups in total. The maximum atomic E-state index is 12.5. The highest BCUT2D eigenvalue weighted by Crippen LogP contribution is 2.24. The molecule has 1 aromatic carbocycles. The molecular formula is C18H18ClN5O. The van der Waals surface area contributed by atoms with E-state index in [9.17, 15) is 4.79 Å². The van der Waals surface area contributed by atoms with E-state index in [4.69, 9.17) is 11.6 Å². The zero-order valence-corrected chi connectivity index (χ0v) is 14.3. The molecule has 0 bridgehead atoms. The summed E-state index contributed by atoms with van der Waals surface area (Å²) in [5.41, 5.74) is 1.41. The molecular weight excluding hydrogens is 338 g/mol. The maximum Gasteiger partial charge on any atom is 0.267 e. The number of aromatic amines is 1. The first-order chi connectivity index (χ1) is 12.2. The van der Waals surface area contributed by atoms with Crippen LogP contribution in [0.5, 0.6) is 0 Å². The van der Waals surface area contributed by atoms with Crippen LogP contribution >= 0.6 is 11.6 Å². The Balaban J connectivity index is 1.39. The fraction of sp³-hybridized carbons (Fsp3) is 0.278. The molecule has 4 rings (SSSR count). The minimum Gasteiger partial charge on any atom is -0.355 e. The van der Waals surface area contributed by atoms with Crippen LogP contribution in [0.1, 0.15) is 23.3 Å². The van der Waals surface area contributed by atoms with Crippen molar-refractivity contribution in [3.05, 3.63) is 53.6 Å². The zero-order valence-electron chi connectivity index (χ0n) is 13.6. The van der Waals surface area contributed by atoms with Gasteiger partial charge < -0.3 is 15.2 Å². The molecule has 0 atom stereocenters. The van der Waals surface area contributed by atoms with Crippen LogP contribution in [0.15, 0.2) is 42.9 Å². The van der Waals surface area contributed by atoms with Crippen molar-refractivity contribution in [2.45, 2.75) is 18.9 Å². The molecule has 0 radical (unpaired) electrons. The van der Waals surface area contributed by atoms with Gasteiger partial charge >= 0.3 is 0 Å². The summed E-state index contributed by atoms with van der Waals surface area (Å²) in [6.45, 7) is 1.70. The number of nitrogens with one attached hydrogen (secondary N) is 2. The van der Waals surface area contributed by atoms with Gasteiger partial charge in [0.1, 0.15) is 11.5 Å². The Bertz CT molecular complexity index is 887. The predicted octanol–water partition coefficient (Wildman–Crippen LogP) is 3.01. The molecule has 1 saturated heterocycles. The Morgan fingerprint density at radius 3 is 2.84 bits per heavy atom. The van der Waals surface area contributed by atoms with Crippen molar-refractivity contribution in [3.63, 3.8) is 0 Å². The van der Waals surface area contributed by atoms with Crippen LogP contribution in [0.4, 0.5) is 5.82 Å². The quantitative estimate of drug-likeness (QED) is 0.757. The number of halogens is 1. The van der Waals surface area contributed by atoms with Crippen LogP contribution in [-0.2, 0) is 0 Å². The molecule has 7 heteroatoms. The van der Waals surface area contributed by atoms with Crippen molar-refractivity contribution >= 4 is 34.2 Å². The van der Waals surface area contributed by atoms with E-state index in [-0.39, 0.29) is 11.9 Å². The first-order valence-corrected chi connectivity index (χ1v) is 8.67. The van der Waals surface area contributed by atoms with Crippen molar-refractivity contribution in [1.29, 1.82) is 0 Å². The molecule has 1 amide bonds. The van der Waals surface area contributed by atoms with Crippen molar-refractivity contribution in [2.75, 3.05) is 18.0 Å². The van der Waals surface area contributed by atoms with E-state index in [2.05, 4.69) is 25.2 Å². The largest absolute Gasteiger partial charge is 0.355 e. The Morgan fingerprint density at radius 1 is 1.28 bits per heavy atom. The number of nitrogens with zero attached hydrogens (tertiary/aromatic N) is 3. The molecule has 6 nitrogen and oxygen atoms in total. The van der Waals surface area contributed by atoms with Crippen LogP contribution < -0.4 is 10.2 Å². The van der Waals surface area contributed by atoms with Gasteiger partial charge in [-0.2, -0.15) is 0 Å². The Labute approximate surface area is 150 Å². The van der Waals surface area contributed by atoms with E-state index in [1.807, 2.05) is 24.3 Å². The number of anilines is 1. The molecule has 128 valence electrons. The van der Waals surface area contributed by atoms with Crippen molar-refractivity contribution in [1.82, 2.24) is 20.3 Å². The number of piperidine rings is 1. The molecule has 1 aliphatic heterocycles. The van der Waals surface area contributed by atoms with Gasteiger partial charge in [0.2, 0.25) is 0 Å². The third-order valence-corrected chi connectivity index (χ3v) is 4.89. The molecule has 0 spiro atoms. The third-order valence-electron chi connectivity index (χ3n) is 4.56. The molecule has 1 fully saturated rings. The number of aromatic nitrogens is 3. The lowest BCUT2D eigenvalue weighted by molar-refractivity contribution is 0.0927. The van der Waals surface area contributed by atoms with Crippen molar-refractivity contribution in [2.24, 2.45) is 0 Å². The van der Waals surface area contributed by atoms with E-state index in [1.54, 1.807) is 18.6 Å². The number of benzene rings is 1. The number of amides is 1. The first kappa shape index (κ1) is 15.9. The average molecular weight is 356 g/mol. The summed E-state index contributed by atoms with van der Waals surface area (Å²) in [6.07, 6.45) is 6.90. The second-order valence-electron chi connectivity index (χ2n) is 6.18. The molecule has 1 aliphatic rings. The molecule has 0 aliphatic carbocycles. The van der Waals surface area contributed by atoms with Gasteiger partial charge in [-0.15, -0.1) is 0 Å². The van der Waals surface area contributed by atoms with Crippen molar-refractivity contribution < 1.29 is 4.79 Å². The molecule has 25 heavy (non-hydrogen) atoms. The van der Waals surface area contributed by atoms with Gasteiger partial charge in [-0.1, -0.05) is 17.7 Å². The summed E-state index contributed by atoms with van der Waals surface area (Å²) >= 11 is 6.17. The molecule has 0 unspecified atom stereocenters. The third kappa shape index (κ3) is 3.30. The number of carbonyl (C=O) groups is 1. The summed E-state index contributed by atoms with van der Waals surface area (Å²) in [5.74, 6) is 0.794. The highest BCUT2D eigenvalue weighted by atomic mass is 35.5. The van der Waals surface area contributed by atoms with Gasteiger partial charge in [0.15, 0.2) is 0 Å². The summed E-state index contributed by atoms with van der Waals surface area (Å²) in [4.78, 5) is 26.3. The fourth-order valence-electron chi connectivity index (χ4n) is 3.21. The minimum atomic E-state index is -0.0924. The summed E-state index contributed by atoms with van der Waals surface area (Å²) in [5, 5.41) is 4.62. The summed E-state index contributed by atoms with van der Waals surface area (Å²) < 4.78 is 0. The lowest BCUT2D eigenvalue weighted by Crippen LogP contribution is -2.45. The van der Waals surface area contributed by atoms with Gasteiger partial charge in [-0.05, 0) is 31.0 Å². The standard InChI is InChI=1S/C18H18ClN5O/c19-14-2-1-3-15-13(14)10-16(23-15)18(25)22-12-4-8-24(9-5-12)17-11-20-6-7-21-17/h1-3,6-7,10-12,23H,4-5,8-9H2,(H,22,25). The van der Waals surface area contributed by atoms with E-state index in [0.29, 0.717) is 10.7 Å². The van der Waals surface area contributed by atoms with Crippen LogP contribution in [0.25, 0.3) is 10.9 Å². The highest BCUT2D eigenvalue weighted by Gasteiger charge is 2.22. The van der Waals surface area contributed by atoms with Crippen LogP contribution in [-0.4, -0.2) is 40.0 Å².